The summed E-state index contributed by atoms with van der Waals surface area (Å²) in [5.74, 6) is -0.0302. The number of carbonyl (C=O) groups excluding carboxylic acids is 2. The molecule has 0 fully saturated rings. The van der Waals surface area contributed by atoms with Crippen molar-refractivity contribution >= 4 is 35.4 Å². The van der Waals surface area contributed by atoms with Gasteiger partial charge in [0.2, 0.25) is 0 Å². The van der Waals surface area contributed by atoms with Crippen LogP contribution in [-0.2, 0) is 14.3 Å². The fourth-order valence-electron chi connectivity index (χ4n) is 2.36. The Morgan fingerprint density at radius 1 is 1.33 bits per heavy atom. The molecule has 1 aliphatic heterocycles. The summed E-state index contributed by atoms with van der Waals surface area (Å²) in [6.45, 7) is 0. The van der Waals surface area contributed by atoms with Crippen LogP contribution in [0.4, 0.5) is 0 Å². The van der Waals surface area contributed by atoms with Gasteiger partial charge in [0.1, 0.15) is 5.75 Å². The van der Waals surface area contributed by atoms with Gasteiger partial charge in [-0.2, -0.15) is 0 Å². The number of hydrogen-bond acceptors (Lipinski definition) is 5. The second-order valence-corrected chi connectivity index (χ2v) is 6.30. The Morgan fingerprint density at radius 2 is 2.17 bits per heavy atom. The predicted octanol–water partition coefficient (Wildman–Crippen LogP) is 2.79. The Morgan fingerprint density at radius 3 is 2.92 bits per heavy atom. The molecular weight excluding hydrogens is 326 g/mol. The summed E-state index contributed by atoms with van der Waals surface area (Å²) in [5, 5.41) is -0.0898. The zero-order valence-electron chi connectivity index (χ0n) is 13.2. The third-order valence-electron chi connectivity index (χ3n) is 3.55. The lowest BCUT2D eigenvalue weighted by Gasteiger charge is -2.22. The molecule has 1 amide bonds. The average Bonchev–Trinajstić information content (AvgIpc) is 2.61. The molecule has 1 aromatic rings. The van der Waals surface area contributed by atoms with Crippen molar-refractivity contribution in [3.05, 3.63) is 58.5 Å². The number of amides is 1. The minimum absolute atomic E-state index is 0.0898. The van der Waals surface area contributed by atoms with Gasteiger partial charge in [-0.25, -0.2) is 9.79 Å². The number of fused-ring (bicyclic) bond motifs is 1. The van der Waals surface area contributed by atoms with Gasteiger partial charge in [-0.3, -0.25) is 4.79 Å². The first kappa shape index (κ1) is 16.3. The van der Waals surface area contributed by atoms with Crippen LogP contribution in [-0.4, -0.2) is 37.1 Å². The highest BCUT2D eigenvalue weighted by Crippen LogP contribution is 2.34. The first-order valence-electron chi connectivity index (χ1n) is 7.24. The lowest BCUT2D eigenvalue weighted by molar-refractivity contribution is -0.135. The van der Waals surface area contributed by atoms with Gasteiger partial charge in [0, 0.05) is 0 Å². The van der Waals surface area contributed by atoms with Crippen LogP contribution in [0.25, 0.3) is 6.08 Å². The van der Waals surface area contributed by atoms with Crippen LogP contribution in [0.3, 0.4) is 0 Å². The molecule has 1 heterocycles. The molecule has 122 valence electrons. The highest BCUT2D eigenvalue weighted by molar-refractivity contribution is 8.05. The Labute approximate surface area is 143 Å². The molecule has 0 saturated heterocycles. The van der Waals surface area contributed by atoms with Crippen LogP contribution in [0.5, 0.6) is 5.75 Å². The third kappa shape index (κ3) is 3.33. The number of thioether (sulfide) groups is 1. The third-order valence-corrected chi connectivity index (χ3v) is 4.75. The van der Waals surface area contributed by atoms with E-state index in [4.69, 9.17) is 4.74 Å². The Kier molecular flexibility index (Phi) is 4.66. The van der Waals surface area contributed by atoms with Gasteiger partial charge < -0.3 is 9.47 Å². The van der Waals surface area contributed by atoms with Crippen molar-refractivity contribution in [2.75, 3.05) is 14.2 Å². The summed E-state index contributed by atoms with van der Waals surface area (Å²) in [5.41, 5.74) is 1.83. The minimum atomic E-state index is -0.442. The molecule has 1 aromatic carbocycles. The molecule has 24 heavy (non-hydrogen) atoms. The standard InChI is InChI=1S/C18H15NO4S/c1-22-13-5-3-4-11(8-13)9-16-17(20)19-14-10-12(18(21)23-2)6-7-15(14)24-16/h3-10,15H,1-2H3/b16-9+. The van der Waals surface area contributed by atoms with Gasteiger partial charge in [-0.1, -0.05) is 24.3 Å². The van der Waals surface area contributed by atoms with Crippen LogP contribution >= 0.6 is 11.8 Å². The molecule has 1 atom stereocenters. The van der Waals surface area contributed by atoms with E-state index in [2.05, 4.69) is 9.73 Å². The Bertz CT molecular complexity index is 820. The van der Waals surface area contributed by atoms with Gasteiger partial charge in [-0.15, -0.1) is 11.8 Å². The van der Waals surface area contributed by atoms with Crippen LogP contribution in [0.15, 0.2) is 58.0 Å². The maximum absolute atomic E-state index is 12.3. The van der Waals surface area contributed by atoms with E-state index in [0.717, 1.165) is 11.3 Å². The van der Waals surface area contributed by atoms with Crippen molar-refractivity contribution in [3.8, 4) is 5.75 Å². The van der Waals surface area contributed by atoms with E-state index in [1.807, 2.05) is 30.3 Å². The number of esters is 1. The van der Waals surface area contributed by atoms with Gasteiger partial charge in [0.15, 0.2) is 0 Å². The first-order valence-corrected chi connectivity index (χ1v) is 8.12. The van der Waals surface area contributed by atoms with Gasteiger partial charge >= 0.3 is 5.97 Å². The van der Waals surface area contributed by atoms with Crippen molar-refractivity contribution in [2.24, 2.45) is 4.99 Å². The van der Waals surface area contributed by atoms with Crippen molar-refractivity contribution in [3.63, 3.8) is 0 Å². The van der Waals surface area contributed by atoms with E-state index in [0.29, 0.717) is 16.2 Å². The number of ether oxygens (including phenoxy) is 2. The fraction of sp³-hybridized carbons (Fsp3) is 0.167. The summed E-state index contributed by atoms with van der Waals surface area (Å²) in [4.78, 5) is 28.5. The van der Waals surface area contributed by atoms with E-state index in [9.17, 15) is 9.59 Å². The number of rotatable bonds is 3. The van der Waals surface area contributed by atoms with Crippen molar-refractivity contribution in [1.29, 1.82) is 0 Å². The van der Waals surface area contributed by atoms with Crippen LogP contribution in [0, 0.1) is 0 Å². The van der Waals surface area contributed by atoms with Gasteiger partial charge in [0.25, 0.3) is 5.91 Å². The molecule has 6 heteroatoms. The number of allylic oxidation sites excluding steroid dienone is 1. The van der Waals surface area contributed by atoms with E-state index in [1.54, 1.807) is 25.3 Å². The first-order chi connectivity index (χ1) is 11.6. The zero-order chi connectivity index (χ0) is 17.1. The lowest BCUT2D eigenvalue weighted by atomic mass is 10.0. The largest absolute Gasteiger partial charge is 0.497 e. The average molecular weight is 341 g/mol. The molecule has 0 bridgehead atoms. The van der Waals surface area contributed by atoms with Crippen molar-refractivity contribution in [1.82, 2.24) is 0 Å². The highest BCUT2D eigenvalue weighted by Gasteiger charge is 2.28. The SMILES string of the molecule is COC(=O)C1=CC2=NC(=O)/C(=C\c3cccc(OC)c3)SC2C=C1. The Balaban J connectivity index is 1.88. The highest BCUT2D eigenvalue weighted by atomic mass is 32.2. The summed E-state index contributed by atoms with van der Waals surface area (Å²) in [6, 6.07) is 7.46. The second kappa shape index (κ2) is 6.88. The molecule has 0 radical (unpaired) electrons. The molecule has 3 rings (SSSR count). The zero-order valence-corrected chi connectivity index (χ0v) is 14.0. The maximum Gasteiger partial charge on any atom is 0.337 e. The quantitative estimate of drug-likeness (QED) is 0.625. The minimum Gasteiger partial charge on any atom is -0.497 e. The number of hydrogen-bond donors (Lipinski definition) is 0. The number of nitrogens with zero attached hydrogens (tertiary/aromatic N) is 1. The van der Waals surface area contributed by atoms with Crippen molar-refractivity contribution < 1.29 is 19.1 Å². The molecule has 1 unspecified atom stereocenters. The second-order valence-electron chi connectivity index (χ2n) is 5.12. The molecule has 0 N–H and O–H groups in total. The van der Waals surface area contributed by atoms with Crippen LogP contribution in [0.2, 0.25) is 0 Å². The van der Waals surface area contributed by atoms with Gasteiger partial charge in [-0.05, 0) is 29.8 Å². The lowest BCUT2D eigenvalue weighted by Crippen LogP contribution is -2.25. The van der Waals surface area contributed by atoms with E-state index >= 15 is 0 Å². The van der Waals surface area contributed by atoms with E-state index in [-0.39, 0.29) is 11.2 Å². The molecule has 0 spiro atoms. The number of carbonyl (C=O) groups is 2. The maximum atomic E-state index is 12.3. The molecule has 5 nitrogen and oxygen atoms in total. The van der Waals surface area contributed by atoms with E-state index in [1.165, 1.54) is 18.9 Å². The summed E-state index contributed by atoms with van der Waals surface area (Å²) >= 11 is 1.41. The van der Waals surface area contributed by atoms with E-state index < -0.39 is 5.97 Å². The molecule has 2 aliphatic rings. The number of aliphatic imine (C=N–C) groups is 1. The topological polar surface area (TPSA) is 65.0 Å². The fourth-order valence-corrected chi connectivity index (χ4v) is 3.38. The molecule has 0 saturated carbocycles. The monoisotopic (exact) mass is 341 g/mol. The molecule has 1 aliphatic carbocycles. The van der Waals surface area contributed by atoms with Crippen LogP contribution < -0.4 is 4.74 Å². The van der Waals surface area contributed by atoms with Gasteiger partial charge in [0.05, 0.1) is 35.7 Å². The summed E-state index contributed by atoms with van der Waals surface area (Å²) in [7, 11) is 2.92. The summed E-state index contributed by atoms with van der Waals surface area (Å²) < 4.78 is 9.88. The summed E-state index contributed by atoms with van der Waals surface area (Å²) in [6.07, 6.45) is 6.94. The van der Waals surface area contributed by atoms with Crippen molar-refractivity contribution in [2.45, 2.75) is 5.25 Å². The normalized spacial score (nSPS) is 21.0. The Hall–Kier alpha value is -2.60. The predicted molar refractivity (Wildman–Crippen MR) is 94.0 cm³/mol. The number of benzene rings is 1. The van der Waals surface area contributed by atoms with Crippen LogP contribution in [0.1, 0.15) is 5.56 Å². The number of methoxy groups -OCH3 is 2. The molecular formula is C18H15NO4S. The smallest absolute Gasteiger partial charge is 0.337 e. The molecule has 0 aromatic heterocycles.